The number of carbonyl (C=O) groups is 1. The van der Waals surface area contributed by atoms with Gasteiger partial charge in [-0.3, -0.25) is 4.79 Å². The number of methoxy groups -OCH3 is 3. The molecule has 4 fully saturated rings. The lowest BCUT2D eigenvalue weighted by molar-refractivity contribution is -0.214. The van der Waals surface area contributed by atoms with Crippen molar-refractivity contribution < 1.29 is 23.7 Å². The van der Waals surface area contributed by atoms with Crippen molar-refractivity contribution in [2.24, 2.45) is 5.92 Å². The second-order valence-corrected chi connectivity index (χ2v) is 8.23. The fraction of sp³-hybridized carbons (Fsp3) is 0.650. The van der Waals surface area contributed by atoms with Gasteiger partial charge in [0.05, 0.1) is 44.6 Å². The van der Waals surface area contributed by atoms with Gasteiger partial charge < -0.3 is 23.8 Å². The Bertz CT molecular complexity index is 736. The highest BCUT2D eigenvalue weighted by Crippen LogP contribution is 2.60. The number of likely N-dealkylation sites (tertiary alicyclic amines) is 1. The van der Waals surface area contributed by atoms with Crippen LogP contribution in [0.5, 0.6) is 17.2 Å². The molecule has 5 rings (SSSR count). The molecular weight excluding hydrogens is 334 g/mol. The molecule has 0 aromatic heterocycles. The van der Waals surface area contributed by atoms with Crippen LogP contribution in [-0.4, -0.2) is 55.4 Å². The molecule has 3 saturated heterocycles. The van der Waals surface area contributed by atoms with Crippen LogP contribution in [0.25, 0.3) is 0 Å². The third kappa shape index (κ3) is 2.24. The van der Waals surface area contributed by atoms with Crippen LogP contribution in [0.1, 0.15) is 44.0 Å². The number of hydrogen-bond acceptors (Lipinski definition) is 5. The first-order chi connectivity index (χ1) is 12.3. The SMILES string of the molecule is COc1cc(C(=O)N2[C@@H]3[C@H]4CC[C@@](C)(OC4(C)C)[C@H]32)cc(OC)c1OC. The summed E-state index contributed by atoms with van der Waals surface area (Å²) in [6.45, 7) is 6.43. The van der Waals surface area contributed by atoms with Gasteiger partial charge >= 0.3 is 0 Å². The Balaban J connectivity index is 1.68. The van der Waals surface area contributed by atoms with Gasteiger partial charge in [0.15, 0.2) is 11.5 Å². The predicted molar refractivity (Wildman–Crippen MR) is 96.1 cm³/mol. The van der Waals surface area contributed by atoms with Crippen LogP contribution in [0.4, 0.5) is 0 Å². The van der Waals surface area contributed by atoms with Crippen molar-refractivity contribution in [3.8, 4) is 17.2 Å². The predicted octanol–water partition coefficient (Wildman–Crippen LogP) is 2.88. The maximum atomic E-state index is 13.3. The number of benzene rings is 1. The fourth-order valence-corrected chi connectivity index (χ4v) is 5.24. The van der Waals surface area contributed by atoms with E-state index in [0.717, 1.165) is 12.8 Å². The molecule has 1 aromatic carbocycles. The summed E-state index contributed by atoms with van der Waals surface area (Å²) in [6, 6.07) is 3.86. The van der Waals surface area contributed by atoms with E-state index in [1.165, 1.54) is 0 Å². The standard InChI is InChI=1S/C20H27NO5/c1-19(2)12-7-8-20(3,26-19)17-15(12)21(17)18(22)11-9-13(23-4)16(25-6)14(10-11)24-5/h9-10,12,15,17H,7-8H2,1-6H3/t12-,15-,17+,20-,21?/m1/s1. The van der Waals surface area contributed by atoms with Crippen molar-refractivity contribution >= 4 is 5.91 Å². The van der Waals surface area contributed by atoms with Crippen LogP contribution >= 0.6 is 0 Å². The Morgan fingerprint density at radius 1 is 1.12 bits per heavy atom. The zero-order chi connectivity index (χ0) is 18.9. The Labute approximate surface area is 154 Å². The number of nitrogens with zero attached hydrogens (tertiary/aromatic N) is 1. The summed E-state index contributed by atoms with van der Waals surface area (Å²) in [5.41, 5.74) is 0.0900. The summed E-state index contributed by atoms with van der Waals surface area (Å²) in [5.74, 6) is 1.85. The second-order valence-electron chi connectivity index (χ2n) is 8.23. The van der Waals surface area contributed by atoms with Crippen LogP contribution in [0.2, 0.25) is 0 Å². The number of rotatable bonds is 4. The monoisotopic (exact) mass is 361 g/mol. The molecule has 4 atom stereocenters. The molecule has 1 aliphatic carbocycles. The quantitative estimate of drug-likeness (QED) is 0.772. The number of ether oxygens (including phenoxy) is 4. The molecule has 26 heavy (non-hydrogen) atoms. The lowest BCUT2D eigenvalue weighted by Crippen LogP contribution is -2.58. The molecule has 1 amide bonds. The first-order valence-corrected chi connectivity index (χ1v) is 9.10. The van der Waals surface area contributed by atoms with E-state index in [9.17, 15) is 4.79 Å². The number of hydrogen-bond donors (Lipinski definition) is 0. The molecule has 3 heterocycles. The molecule has 1 saturated carbocycles. The second kappa shape index (κ2) is 5.52. The Morgan fingerprint density at radius 3 is 2.23 bits per heavy atom. The highest BCUT2D eigenvalue weighted by Gasteiger charge is 2.72. The molecular formula is C20H27NO5. The largest absolute Gasteiger partial charge is 0.493 e. The maximum absolute atomic E-state index is 13.3. The van der Waals surface area contributed by atoms with Gasteiger partial charge in [0, 0.05) is 11.5 Å². The van der Waals surface area contributed by atoms with E-state index in [4.69, 9.17) is 18.9 Å². The lowest BCUT2D eigenvalue weighted by atomic mass is 9.69. The van der Waals surface area contributed by atoms with Crippen molar-refractivity contribution in [3.05, 3.63) is 17.7 Å². The van der Waals surface area contributed by atoms with Gasteiger partial charge in [-0.25, -0.2) is 0 Å². The van der Waals surface area contributed by atoms with Gasteiger partial charge in [-0.05, 0) is 45.7 Å². The van der Waals surface area contributed by atoms with Crippen molar-refractivity contribution in [3.63, 3.8) is 0 Å². The molecule has 0 unspecified atom stereocenters. The Kier molecular flexibility index (Phi) is 3.71. The van der Waals surface area contributed by atoms with Crippen LogP contribution in [0.3, 0.4) is 0 Å². The molecule has 142 valence electrons. The van der Waals surface area contributed by atoms with E-state index in [0.29, 0.717) is 28.7 Å². The Hall–Kier alpha value is -1.95. The van der Waals surface area contributed by atoms with E-state index < -0.39 is 0 Å². The van der Waals surface area contributed by atoms with E-state index >= 15 is 0 Å². The summed E-state index contributed by atoms with van der Waals surface area (Å²) < 4.78 is 22.5. The maximum Gasteiger partial charge on any atom is 0.254 e. The molecule has 3 aliphatic heterocycles. The van der Waals surface area contributed by atoms with Crippen molar-refractivity contribution in [1.29, 1.82) is 0 Å². The summed E-state index contributed by atoms with van der Waals surface area (Å²) in [7, 11) is 4.67. The van der Waals surface area contributed by atoms with Crippen LogP contribution in [0.15, 0.2) is 12.1 Å². The van der Waals surface area contributed by atoms with Crippen molar-refractivity contribution in [2.75, 3.05) is 21.3 Å². The van der Waals surface area contributed by atoms with Crippen molar-refractivity contribution in [1.82, 2.24) is 4.90 Å². The van der Waals surface area contributed by atoms with Gasteiger partial charge in [0.2, 0.25) is 5.75 Å². The van der Waals surface area contributed by atoms with Gasteiger partial charge in [-0.1, -0.05) is 0 Å². The van der Waals surface area contributed by atoms with Crippen molar-refractivity contribution in [2.45, 2.75) is 56.9 Å². The number of fused-ring (bicyclic) bond motifs is 2. The van der Waals surface area contributed by atoms with Crippen LogP contribution < -0.4 is 14.2 Å². The average Bonchev–Trinajstić information content (AvgIpc) is 3.36. The first-order valence-electron chi connectivity index (χ1n) is 9.10. The molecule has 0 spiro atoms. The minimum atomic E-state index is -0.265. The summed E-state index contributed by atoms with van der Waals surface area (Å²) in [6.07, 6.45) is 2.10. The van der Waals surface area contributed by atoms with E-state index in [1.807, 2.05) is 4.90 Å². The van der Waals surface area contributed by atoms with Crippen LogP contribution in [0, 0.1) is 5.92 Å². The highest BCUT2D eigenvalue weighted by molar-refractivity contribution is 5.98. The zero-order valence-electron chi connectivity index (χ0n) is 16.3. The Morgan fingerprint density at radius 2 is 1.73 bits per heavy atom. The molecule has 0 radical (unpaired) electrons. The molecule has 4 aliphatic rings. The first kappa shape index (κ1) is 17.5. The van der Waals surface area contributed by atoms with Gasteiger partial charge in [-0.2, -0.15) is 0 Å². The highest BCUT2D eigenvalue weighted by atomic mass is 16.5. The minimum absolute atomic E-state index is 0.00122. The topological polar surface area (TPSA) is 57.0 Å². The molecule has 1 aromatic rings. The van der Waals surface area contributed by atoms with Crippen LogP contribution in [-0.2, 0) is 4.74 Å². The molecule has 0 N–H and O–H groups in total. The van der Waals surface area contributed by atoms with Gasteiger partial charge in [-0.15, -0.1) is 0 Å². The fourth-order valence-electron chi connectivity index (χ4n) is 5.24. The summed E-state index contributed by atoms with van der Waals surface area (Å²) in [5, 5.41) is 0. The smallest absolute Gasteiger partial charge is 0.254 e. The lowest BCUT2D eigenvalue weighted by Gasteiger charge is -2.51. The summed E-state index contributed by atoms with van der Waals surface area (Å²) in [4.78, 5) is 15.3. The molecule has 6 nitrogen and oxygen atoms in total. The van der Waals surface area contributed by atoms with Gasteiger partial charge in [0.25, 0.3) is 5.91 Å². The molecule has 2 bridgehead atoms. The number of carbonyl (C=O) groups excluding carboxylic acids is 1. The van der Waals surface area contributed by atoms with E-state index in [-0.39, 0.29) is 29.2 Å². The van der Waals surface area contributed by atoms with E-state index in [1.54, 1.807) is 33.5 Å². The normalized spacial score (nSPS) is 33.5. The summed E-state index contributed by atoms with van der Waals surface area (Å²) >= 11 is 0. The third-order valence-electron chi connectivity index (χ3n) is 6.38. The average molecular weight is 361 g/mol. The van der Waals surface area contributed by atoms with E-state index in [2.05, 4.69) is 20.8 Å². The number of amides is 1. The third-order valence-corrected chi connectivity index (χ3v) is 6.38. The minimum Gasteiger partial charge on any atom is -0.493 e. The molecule has 6 heteroatoms. The van der Waals surface area contributed by atoms with Gasteiger partial charge in [0.1, 0.15) is 0 Å². The zero-order valence-corrected chi connectivity index (χ0v) is 16.3.